The number of nitrogens with one attached hydrogen (secondary N) is 1. The van der Waals surface area contributed by atoms with E-state index >= 15 is 0 Å². The molecule has 0 aliphatic carbocycles. The van der Waals surface area contributed by atoms with Crippen LogP contribution in [0, 0.1) is 6.92 Å². The quantitative estimate of drug-likeness (QED) is 0.797. The highest BCUT2D eigenvalue weighted by Gasteiger charge is 2.20. The summed E-state index contributed by atoms with van der Waals surface area (Å²) in [4.78, 5) is 3.77. The number of nitrogens with zero attached hydrogens (tertiary/aromatic N) is 1. The molecule has 0 spiro atoms. The summed E-state index contributed by atoms with van der Waals surface area (Å²) >= 11 is 6.54. The fourth-order valence-electron chi connectivity index (χ4n) is 1.56. The van der Waals surface area contributed by atoms with Crippen LogP contribution < -0.4 is 10.5 Å². The summed E-state index contributed by atoms with van der Waals surface area (Å²) < 4.78 is 28.6. The van der Waals surface area contributed by atoms with Crippen LogP contribution in [0.2, 0.25) is 0 Å². The molecule has 106 valence electrons. The van der Waals surface area contributed by atoms with Crippen LogP contribution in [0.1, 0.15) is 5.56 Å². The van der Waals surface area contributed by atoms with Crippen LogP contribution in [-0.2, 0) is 10.0 Å². The number of halogens is 2. The SMILES string of the molecule is Cc1c(Br)cccc1NS(=O)(=O)c1cc(Br)cnc1N. The fraction of sp³-hybridized carbons (Fsp3) is 0.0833. The molecule has 8 heteroatoms. The standard InChI is InChI=1S/C12H11Br2N3O2S/c1-7-9(14)3-2-4-10(7)17-20(18,19)11-5-8(13)6-16-12(11)15/h2-6,17H,1H3,(H2,15,16). The predicted molar refractivity (Wildman–Crippen MR) is 86.0 cm³/mol. The molecule has 0 saturated heterocycles. The Morgan fingerprint density at radius 1 is 1.30 bits per heavy atom. The first kappa shape index (κ1) is 15.3. The van der Waals surface area contributed by atoms with E-state index < -0.39 is 10.0 Å². The van der Waals surface area contributed by atoms with Crippen LogP contribution in [0.25, 0.3) is 0 Å². The molecule has 5 nitrogen and oxygen atoms in total. The number of benzene rings is 1. The molecular weight excluding hydrogens is 410 g/mol. The average molecular weight is 421 g/mol. The highest BCUT2D eigenvalue weighted by Crippen LogP contribution is 2.27. The van der Waals surface area contributed by atoms with Crippen molar-refractivity contribution in [1.82, 2.24) is 4.98 Å². The number of nitrogens with two attached hydrogens (primary N) is 1. The van der Waals surface area contributed by atoms with Crippen molar-refractivity contribution in [3.8, 4) is 0 Å². The summed E-state index contributed by atoms with van der Waals surface area (Å²) in [6.45, 7) is 1.81. The zero-order chi connectivity index (χ0) is 14.9. The van der Waals surface area contributed by atoms with Crippen LogP contribution in [0.3, 0.4) is 0 Å². The van der Waals surface area contributed by atoms with Crippen molar-refractivity contribution >= 4 is 53.4 Å². The van der Waals surface area contributed by atoms with E-state index in [4.69, 9.17) is 5.73 Å². The Balaban J connectivity index is 2.46. The molecule has 0 saturated carbocycles. The zero-order valence-electron chi connectivity index (χ0n) is 10.4. The van der Waals surface area contributed by atoms with E-state index in [-0.39, 0.29) is 10.7 Å². The normalized spacial score (nSPS) is 11.3. The summed E-state index contributed by atoms with van der Waals surface area (Å²) in [5, 5.41) is 0. The summed E-state index contributed by atoms with van der Waals surface area (Å²) in [5.41, 5.74) is 6.91. The third-order valence-electron chi connectivity index (χ3n) is 2.65. The van der Waals surface area contributed by atoms with E-state index in [9.17, 15) is 8.42 Å². The van der Waals surface area contributed by atoms with Gasteiger partial charge in [-0.1, -0.05) is 22.0 Å². The average Bonchev–Trinajstić information content (AvgIpc) is 2.37. The van der Waals surface area contributed by atoms with Gasteiger partial charge in [-0.15, -0.1) is 0 Å². The molecule has 1 aromatic carbocycles. The molecule has 20 heavy (non-hydrogen) atoms. The molecule has 0 fully saturated rings. The number of hydrogen-bond donors (Lipinski definition) is 2. The van der Waals surface area contributed by atoms with E-state index in [0.717, 1.165) is 10.0 Å². The number of rotatable bonds is 3. The van der Waals surface area contributed by atoms with Crippen molar-refractivity contribution < 1.29 is 8.42 Å². The Kier molecular flexibility index (Phi) is 4.36. The molecule has 0 aliphatic heterocycles. The number of anilines is 2. The molecule has 3 N–H and O–H groups in total. The van der Waals surface area contributed by atoms with Crippen molar-refractivity contribution in [2.75, 3.05) is 10.5 Å². The molecule has 2 rings (SSSR count). The van der Waals surface area contributed by atoms with Gasteiger partial charge in [0.05, 0.1) is 5.69 Å². The lowest BCUT2D eigenvalue weighted by Gasteiger charge is -2.12. The highest BCUT2D eigenvalue weighted by molar-refractivity contribution is 9.10. The minimum absolute atomic E-state index is 0.0478. The number of hydrogen-bond acceptors (Lipinski definition) is 4. The van der Waals surface area contributed by atoms with Gasteiger partial charge in [-0.2, -0.15) is 0 Å². The van der Waals surface area contributed by atoms with Crippen LogP contribution in [-0.4, -0.2) is 13.4 Å². The molecule has 0 unspecified atom stereocenters. The Morgan fingerprint density at radius 2 is 2.00 bits per heavy atom. The minimum Gasteiger partial charge on any atom is -0.383 e. The van der Waals surface area contributed by atoms with E-state index in [2.05, 4.69) is 41.6 Å². The van der Waals surface area contributed by atoms with Gasteiger partial charge in [0.2, 0.25) is 0 Å². The van der Waals surface area contributed by atoms with E-state index in [0.29, 0.717) is 10.2 Å². The zero-order valence-corrected chi connectivity index (χ0v) is 14.4. The molecule has 0 atom stereocenters. The van der Waals surface area contributed by atoms with Crippen molar-refractivity contribution in [2.45, 2.75) is 11.8 Å². The number of aromatic nitrogens is 1. The smallest absolute Gasteiger partial charge is 0.265 e. The Bertz CT molecular complexity index is 763. The van der Waals surface area contributed by atoms with Crippen LogP contribution in [0.15, 0.2) is 44.3 Å². The van der Waals surface area contributed by atoms with Gasteiger partial charge in [-0.25, -0.2) is 13.4 Å². The summed E-state index contributed by atoms with van der Waals surface area (Å²) in [6.07, 6.45) is 1.44. The van der Waals surface area contributed by atoms with Crippen molar-refractivity contribution in [3.05, 3.63) is 45.0 Å². The van der Waals surface area contributed by atoms with Gasteiger partial charge in [0.1, 0.15) is 10.7 Å². The second-order valence-electron chi connectivity index (χ2n) is 4.05. The van der Waals surface area contributed by atoms with Gasteiger partial charge >= 0.3 is 0 Å². The van der Waals surface area contributed by atoms with E-state index in [1.807, 2.05) is 13.0 Å². The largest absolute Gasteiger partial charge is 0.383 e. The Hall–Kier alpha value is -1.12. The second-order valence-corrected chi connectivity index (χ2v) is 7.48. The van der Waals surface area contributed by atoms with Gasteiger partial charge < -0.3 is 5.73 Å². The first-order chi connectivity index (χ1) is 9.31. The van der Waals surface area contributed by atoms with E-state index in [1.165, 1.54) is 12.3 Å². The lowest BCUT2D eigenvalue weighted by molar-refractivity contribution is 0.601. The lowest BCUT2D eigenvalue weighted by atomic mass is 10.2. The van der Waals surface area contributed by atoms with E-state index in [1.54, 1.807) is 12.1 Å². The summed E-state index contributed by atoms with van der Waals surface area (Å²) in [6, 6.07) is 6.68. The minimum atomic E-state index is -3.79. The summed E-state index contributed by atoms with van der Waals surface area (Å²) in [5.74, 6) is -0.0478. The lowest BCUT2D eigenvalue weighted by Crippen LogP contribution is -2.16. The molecule has 2 aromatic rings. The maximum atomic E-state index is 12.4. The molecule has 0 radical (unpaired) electrons. The van der Waals surface area contributed by atoms with Gasteiger partial charge in [-0.05, 0) is 46.6 Å². The van der Waals surface area contributed by atoms with Gasteiger partial charge in [0.15, 0.2) is 0 Å². The van der Waals surface area contributed by atoms with Crippen LogP contribution in [0.5, 0.6) is 0 Å². The highest BCUT2D eigenvalue weighted by atomic mass is 79.9. The second kappa shape index (κ2) is 5.71. The van der Waals surface area contributed by atoms with Gasteiger partial charge in [0, 0.05) is 15.1 Å². The van der Waals surface area contributed by atoms with Gasteiger partial charge in [0.25, 0.3) is 10.0 Å². The van der Waals surface area contributed by atoms with Gasteiger partial charge in [-0.3, -0.25) is 4.72 Å². The topological polar surface area (TPSA) is 85.1 Å². The van der Waals surface area contributed by atoms with Crippen LogP contribution >= 0.6 is 31.9 Å². The Morgan fingerprint density at radius 3 is 2.70 bits per heavy atom. The maximum Gasteiger partial charge on any atom is 0.265 e. The first-order valence-electron chi connectivity index (χ1n) is 5.50. The monoisotopic (exact) mass is 419 g/mol. The fourth-order valence-corrected chi connectivity index (χ4v) is 3.64. The number of nitrogen functional groups attached to an aromatic ring is 1. The molecule has 0 aliphatic rings. The predicted octanol–water partition coefficient (Wildman–Crippen LogP) is 3.30. The van der Waals surface area contributed by atoms with Crippen molar-refractivity contribution in [3.63, 3.8) is 0 Å². The molecule has 1 aromatic heterocycles. The first-order valence-corrected chi connectivity index (χ1v) is 8.57. The molecule has 0 bridgehead atoms. The number of pyridine rings is 1. The third kappa shape index (κ3) is 3.13. The maximum absolute atomic E-state index is 12.4. The molecule has 1 heterocycles. The Labute approximate surface area is 133 Å². The third-order valence-corrected chi connectivity index (χ3v) is 5.34. The van der Waals surface area contributed by atoms with Crippen LogP contribution in [0.4, 0.5) is 11.5 Å². The summed E-state index contributed by atoms with van der Waals surface area (Å²) in [7, 11) is -3.79. The molecular formula is C12H11Br2N3O2S. The molecule has 0 amide bonds. The van der Waals surface area contributed by atoms with Crippen molar-refractivity contribution in [2.24, 2.45) is 0 Å². The van der Waals surface area contributed by atoms with Crippen molar-refractivity contribution in [1.29, 1.82) is 0 Å². The number of sulfonamides is 1.